The Morgan fingerprint density at radius 2 is 1.55 bits per heavy atom. The van der Waals surface area contributed by atoms with Crippen LogP contribution in [0.4, 0.5) is 0 Å². The lowest BCUT2D eigenvalue weighted by molar-refractivity contribution is 0.415. The average molecular weight is 571 g/mol. The van der Waals surface area contributed by atoms with E-state index in [0.717, 1.165) is 77.8 Å². The molecule has 0 aliphatic carbocycles. The minimum atomic E-state index is -0.419. The van der Waals surface area contributed by atoms with Crippen LogP contribution in [0.15, 0.2) is 116 Å². The number of ether oxygens (including phenoxy) is 1. The van der Waals surface area contributed by atoms with Crippen LogP contribution in [0.1, 0.15) is 36.4 Å². The van der Waals surface area contributed by atoms with Crippen molar-refractivity contribution in [2.45, 2.75) is 26.2 Å². The first-order valence-corrected chi connectivity index (χ1v) is 14.8. The quantitative estimate of drug-likeness (QED) is 0.198. The molecule has 1 aliphatic rings. The van der Waals surface area contributed by atoms with Gasteiger partial charge in [-0.1, -0.05) is 97.6 Å². The molecule has 0 saturated carbocycles. The first kappa shape index (κ1) is 26.1. The Hall–Kier alpha value is -5.55. The number of hydrogen-bond acceptors (Lipinski definition) is 4. The molecular weight excluding hydrogens is 540 g/mol. The van der Waals surface area contributed by atoms with Gasteiger partial charge in [-0.2, -0.15) is 0 Å². The lowest BCUT2D eigenvalue weighted by atomic mass is 9.75. The molecule has 0 fully saturated rings. The number of aromatic nitrogens is 4. The highest BCUT2D eigenvalue weighted by atomic mass is 16.5. The monoisotopic (exact) mass is 570 g/mol. The van der Waals surface area contributed by atoms with E-state index in [4.69, 9.17) is 19.7 Å². The molecule has 5 heteroatoms. The van der Waals surface area contributed by atoms with Gasteiger partial charge in [0.2, 0.25) is 5.95 Å². The maximum Gasteiger partial charge on any atom is 0.235 e. The van der Waals surface area contributed by atoms with E-state index in [2.05, 4.69) is 86.5 Å². The Bertz CT molecular complexity index is 2310. The van der Waals surface area contributed by atoms with Gasteiger partial charge in [0.05, 0.1) is 16.9 Å². The van der Waals surface area contributed by atoms with Crippen molar-refractivity contribution in [3.8, 4) is 28.7 Å². The molecule has 0 bridgehead atoms. The van der Waals surface area contributed by atoms with Crippen molar-refractivity contribution in [1.29, 1.82) is 0 Å². The van der Waals surface area contributed by atoms with Crippen LogP contribution in [0.5, 0.6) is 11.5 Å². The maximum absolute atomic E-state index is 6.89. The summed E-state index contributed by atoms with van der Waals surface area (Å²) in [5.41, 5.74) is 7.46. The summed E-state index contributed by atoms with van der Waals surface area (Å²) in [6, 6.07) is 31.1. The van der Waals surface area contributed by atoms with Gasteiger partial charge in [0.25, 0.3) is 0 Å². The molecular formula is C39H30N4O. The van der Waals surface area contributed by atoms with E-state index in [1.54, 1.807) is 0 Å². The van der Waals surface area contributed by atoms with Crippen molar-refractivity contribution >= 4 is 38.7 Å². The van der Waals surface area contributed by atoms with Crippen LogP contribution in [0.25, 0.3) is 55.9 Å². The normalized spacial score (nSPS) is 13.7. The molecule has 212 valence electrons. The number of benzene rings is 4. The molecule has 0 spiro atoms. The minimum absolute atomic E-state index is 0.419. The highest BCUT2D eigenvalue weighted by molar-refractivity contribution is 6.16. The van der Waals surface area contributed by atoms with Gasteiger partial charge in [0.1, 0.15) is 11.3 Å². The molecule has 4 heterocycles. The van der Waals surface area contributed by atoms with Crippen LogP contribution in [0, 0.1) is 6.92 Å². The average Bonchev–Trinajstić information content (AvgIpc) is 3.35. The molecule has 8 rings (SSSR count). The summed E-state index contributed by atoms with van der Waals surface area (Å²) in [5.74, 6) is 2.17. The molecule has 0 radical (unpaired) electrons. The van der Waals surface area contributed by atoms with Crippen LogP contribution in [0.2, 0.25) is 0 Å². The van der Waals surface area contributed by atoms with Crippen LogP contribution >= 0.6 is 0 Å². The third-order valence-electron chi connectivity index (χ3n) is 8.80. The van der Waals surface area contributed by atoms with Gasteiger partial charge in [0, 0.05) is 44.8 Å². The third kappa shape index (κ3) is 3.69. The molecule has 0 saturated heterocycles. The predicted molar refractivity (Wildman–Crippen MR) is 180 cm³/mol. The van der Waals surface area contributed by atoms with Crippen molar-refractivity contribution in [1.82, 2.24) is 19.5 Å². The second kappa shape index (κ2) is 9.75. The molecule has 7 aromatic rings. The molecule has 1 aliphatic heterocycles. The van der Waals surface area contributed by atoms with E-state index in [-0.39, 0.29) is 0 Å². The van der Waals surface area contributed by atoms with E-state index < -0.39 is 5.41 Å². The highest BCUT2D eigenvalue weighted by Crippen LogP contribution is 2.54. The fourth-order valence-corrected chi connectivity index (χ4v) is 6.85. The Kier molecular flexibility index (Phi) is 5.78. The smallest absolute Gasteiger partial charge is 0.235 e. The summed E-state index contributed by atoms with van der Waals surface area (Å²) >= 11 is 0. The SMILES string of the molecule is C=C/C=C\c1c(C)n(-c2nc(-c3ccccc3)c3ccccc3n2)c2c3c(c4ccccc4c12)C(C)(C)c1ncccc1O3. The predicted octanol–water partition coefficient (Wildman–Crippen LogP) is 9.73. The van der Waals surface area contributed by atoms with Crippen molar-refractivity contribution in [2.24, 2.45) is 0 Å². The summed E-state index contributed by atoms with van der Waals surface area (Å²) < 4.78 is 9.07. The zero-order valence-corrected chi connectivity index (χ0v) is 24.9. The van der Waals surface area contributed by atoms with Crippen LogP contribution in [-0.2, 0) is 5.41 Å². The zero-order valence-electron chi connectivity index (χ0n) is 24.9. The van der Waals surface area contributed by atoms with Crippen LogP contribution in [-0.4, -0.2) is 19.5 Å². The number of nitrogens with zero attached hydrogens (tertiary/aromatic N) is 4. The minimum Gasteiger partial charge on any atom is -0.453 e. The van der Waals surface area contributed by atoms with Gasteiger partial charge < -0.3 is 4.74 Å². The summed E-state index contributed by atoms with van der Waals surface area (Å²) in [7, 11) is 0. The van der Waals surface area contributed by atoms with E-state index >= 15 is 0 Å². The molecule has 0 unspecified atom stereocenters. The number of allylic oxidation sites excluding steroid dienone is 2. The standard InChI is InChI=1S/C39H30N4O/c1-5-6-17-26-24(2)43(38-41-30-21-13-12-20-29(30)34(42-38)25-15-8-7-9-16-25)35-32(26)27-18-10-11-19-28(27)33-36(35)44-31-22-14-23-40-37(31)39(33,3)4/h5-23H,1H2,2-4H3/b17-6-. The molecule has 0 N–H and O–H groups in total. The Morgan fingerprint density at radius 3 is 2.34 bits per heavy atom. The number of fused-ring (bicyclic) bond motifs is 8. The molecule has 0 amide bonds. The molecule has 44 heavy (non-hydrogen) atoms. The van der Waals surface area contributed by atoms with Crippen molar-refractivity contribution in [3.05, 3.63) is 138 Å². The zero-order chi connectivity index (χ0) is 30.0. The fraction of sp³-hybridized carbons (Fsp3) is 0.103. The molecule has 3 aromatic heterocycles. The van der Waals surface area contributed by atoms with Crippen LogP contribution < -0.4 is 4.74 Å². The lowest BCUT2D eigenvalue weighted by Gasteiger charge is -2.35. The molecule has 4 aromatic carbocycles. The number of para-hydroxylation sites is 1. The van der Waals surface area contributed by atoms with E-state index in [1.165, 1.54) is 0 Å². The maximum atomic E-state index is 6.89. The number of pyridine rings is 1. The van der Waals surface area contributed by atoms with Gasteiger partial charge in [-0.25, -0.2) is 9.97 Å². The van der Waals surface area contributed by atoms with Crippen molar-refractivity contribution < 1.29 is 4.74 Å². The Balaban J connectivity index is 1.57. The summed E-state index contributed by atoms with van der Waals surface area (Å²) in [4.78, 5) is 15.3. The summed E-state index contributed by atoms with van der Waals surface area (Å²) in [6.45, 7) is 10.6. The Labute approximate surface area is 255 Å². The summed E-state index contributed by atoms with van der Waals surface area (Å²) in [6.07, 6.45) is 7.77. The van der Waals surface area contributed by atoms with Gasteiger partial charge in [-0.15, -0.1) is 0 Å². The van der Waals surface area contributed by atoms with Gasteiger partial charge in [-0.3, -0.25) is 9.55 Å². The highest BCUT2D eigenvalue weighted by Gasteiger charge is 2.40. The van der Waals surface area contributed by atoms with Gasteiger partial charge in [0.15, 0.2) is 5.75 Å². The summed E-state index contributed by atoms with van der Waals surface area (Å²) in [5, 5.41) is 4.39. The van der Waals surface area contributed by atoms with E-state index in [0.29, 0.717) is 5.95 Å². The number of rotatable bonds is 4. The molecule has 5 nitrogen and oxygen atoms in total. The van der Waals surface area contributed by atoms with Gasteiger partial charge in [-0.05, 0) is 49.7 Å². The van der Waals surface area contributed by atoms with Gasteiger partial charge >= 0.3 is 0 Å². The van der Waals surface area contributed by atoms with E-state index in [9.17, 15) is 0 Å². The molecule has 0 atom stereocenters. The van der Waals surface area contributed by atoms with Crippen molar-refractivity contribution in [3.63, 3.8) is 0 Å². The Morgan fingerprint density at radius 1 is 0.818 bits per heavy atom. The topological polar surface area (TPSA) is 52.8 Å². The van der Waals surface area contributed by atoms with Crippen molar-refractivity contribution in [2.75, 3.05) is 0 Å². The number of hydrogen-bond donors (Lipinski definition) is 0. The first-order valence-electron chi connectivity index (χ1n) is 14.8. The fourth-order valence-electron chi connectivity index (χ4n) is 6.85. The largest absolute Gasteiger partial charge is 0.453 e. The third-order valence-corrected chi connectivity index (χ3v) is 8.80. The van der Waals surface area contributed by atoms with E-state index in [1.807, 2.05) is 60.8 Å². The van der Waals surface area contributed by atoms with Crippen LogP contribution in [0.3, 0.4) is 0 Å². The second-order valence-corrected chi connectivity index (χ2v) is 11.7. The first-order chi connectivity index (χ1) is 21.5. The lowest BCUT2D eigenvalue weighted by Crippen LogP contribution is -2.26. The second-order valence-electron chi connectivity index (χ2n) is 11.7.